The number of hydrogen-bond donors (Lipinski definition) is 3. The van der Waals surface area contributed by atoms with Gasteiger partial charge in [0.25, 0.3) is 0 Å². The molecule has 2 aromatic carbocycles. The van der Waals surface area contributed by atoms with Gasteiger partial charge in [-0.25, -0.2) is 0 Å². The molecule has 4 nitrogen and oxygen atoms in total. The Bertz CT molecular complexity index is 666. The van der Waals surface area contributed by atoms with Crippen LogP contribution in [0.3, 0.4) is 0 Å². The molecule has 0 fully saturated rings. The van der Waals surface area contributed by atoms with Gasteiger partial charge in [0.05, 0.1) is 6.61 Å². The Kier molecular flexibility index (Phi) is 8.39. The Labute approximate surface area is 161 Å². The van der Waals surface area contributed by atoms with Gasteiger partial charge in [0.15, 0.2) is 0 Å². The van der Waals surface area contributed by atoms with Crippen LogP contribution in [-0.4, -0.2) is 35.5 Å². The van der Waals surface area contributed by atoms with Gasteiger partial charge in [-0.15, -0.1) is 12.4 Å². The number of para-hydroxylation sites is 1. The molecule has 0 saturated heterocycles. The largest absolute Gasteiger partial charge is 0.491 e. The Balaban J connectivity index is 0.00000243. The first-order chi connectivity index (χ1) is 12.2. The molecular formula is C21H28ClNO3. The number of aliphatic hydroxyl groups excluding tert-OH is 2. The fraction of sp³-hybridized carbons (Fsp3) is 0.429. The highest BCUT2D eigenvalue weighted by Crippen LogP contribution is 2.22. The topological polar surface area (TPSA) is 61.7 Å². The molecule has 0 bridgehead atoms. The van der Waals surface area contributed by atoms with E-state index in [9.17, 15) is 10.2 Å². The first-order valence-corrected chi connectivity index (χ1v) is 9.05. The second-order valence-corrected chi connectivity index (χ2v) is 6.74. The van der Waals surface area contributed by atoms with Crippen LogP contribution >= 0.6 is 12.4 Å². The van der Waals surface area contributed by atoms with Crippen molar-refractivity contribution in [2.24, 2.45) is 0 Å². The van der Waals surface area contributed by atoms with E-state index in [1.165, 1.54) is 11.1 Å². The van der Waals surface area contributed by atoms with Gasteiger partial charge in [-0.2, -0.15) is 0 Å². The highest BCUT2D eigenvalue weighted by molar-refractivity contribution is 5.85. The minimum atomic E-state index is -0.535. The van der Waals surface area contributed by atoms with Crippen molar-refractivity contribution in [3.63, 3.8) is 0 Å². The zero-order valence-corrected chi connectivity index (χ0v) is 15.8. The number of aliphatic hydroxyl groups is 2. The summed E-state index contributed by atoms with van der Waals surface area (Å²) in [6.07, 6.45) is 3.72. The van der Waals surface area contributed by atoms with E-state index in [1.54, 1.807) is 0 Å². The molecule has 3 rings (SSSR count). The maximum absolute atomic E-state index is 10.2. The van der Waals surface area contributed by atoms with Crippen LogP contribution in [0.4, 0.5) is 0 Å². The molecule has 0 heterocycles. The highest BCUT2D eigenvalue weighted by Gasteiger charge is 2.18. The SMILES string of the molecule is Cl.OCc1ccc2c(c1)CC(NC[C@H](O)COc1ccccc1)CCC2. The van der Waals surface area contributed by atoms with E-state index in [0.29, 0.717) is 12.6 Å². The van der Waals surface area contributed by atoms with E-state index >= 15 is 0 Å². The van der Waals surface area contributed by atoms with E-state index in [1.807, 2.05) is 36.4 Å². The molecule has 0 amide bonds. The number of benzene rings is 2. The summed E-state index contributed by atoms with van der Waals surface area (Å²) >= 11 is 0. The Morgan fingerprint density at radius 3 is 2.69 bits per heavy atom. The monoisotopic (exact) mass is 377 g/mol. The molecule has 0 aliphatic heterocycles. The normalized spacial score (nSPS) is 17.5. The van der Waals surface area contributed by atoms with Crippen LogP contribution in [-0.2, 0) is 19.4 Å². The van der Waals surface area contributed by atoms with Crippen molar-refractivity contribution < 1.29 is 14.9 Å². The molecule has 1 aliphatic carbocycles. The fourth-order valence-electron chi connectivity index (χ4n) is 3.36. The number of hydrogen-bond acceptors (Lipinski definition) is 4. The van der Waals surface area contributed by atoms with Crippen molar-refractivity contribution in [1.82, 2.24) is 5.32 Å². The maximum Gasteiger partial charge on any atom is 0.119 e. The lowest BCUT2D eigenvalue weighted by Gasteiger charge is -2.20. The van der Waals surface area contributed by atoms with Gasteiger partial charge in [0.1, 0.15) is 18.5 Å². The molecule has 1 unspecified atom stereocenters. The van der Waals surface area contributed by atoms with E-state index in [4.69, 9.17) is 4.74 Å². The molecule has 0 radical (unpaired) electrons. The lowest BCUT2D eigenvalue weighted by Crippen LogP contribution is -2.39. The molecule has 1 aliphatic rings. The quantitative estimate of drug-likeness (QED) is 0.649. The Hall–Kier alpha value is -1.59. The molecular weight excluding hydrogens is 350 g/mol. The predicted molar refractivity (Wildman–Crippen MR) is 106 cm³/mol. The lowest BCUT2D eigenvalue weighted by molar-refractivity contribution is 0.103. The Morgan fingerprint density at radius 1 is 1.12 bits per heavy atom. The number of fused-ring (bicyclic) bond motifs is 1. The third kappa shape index (κ3) is 5.99. The zero-order chi connectivity index (χ0) is 17.5. The van der Waals surface area contributed by atoms with Crippen molar-refractivity contribution in [3.8, 4) is 5.75 Å². The van der Waals surface area contributed by atoms with Crippen LogP contribution in [0.25, 0.3) is 0 Å². The third-order valence-corrected chi connectivity index (χ3v) is 4.75. The van der Waals surface area contributed by atoms with E-state index in [-0.39, 0.29) is 25.6 Å². The summed E-state index contributed by atoms with van der Waals surface area (Å²) in [5.74, 6) is 0.779. The summed E-state index contributed by atoms with van der Waals surface area (Å²) in [7, 11) is 0. The summed E-state index contributed by atoms with van der Waals surface area (Å²) in [5, 5.41) is 23.0. The van der Waals surface area contributed by atoms with E-state index in [0.717, 1.165) is 37.0 Å². The van der Waals surface area contributed by atoms with E-state index in [2.05, 4.69) is 17.4 Å². The molecule has 0 aromatic heterocycles. The second-order valence-electron chi connectivity index (χ2n) is 6.74. The summed E-state index contributed by atoms with van der Waals surface area (Å²) < 4.78 is 5.60. The predicted octanol–water partition coefficient (Wildman–Crippen LogP) is 2.88. The maximum atomic E-state index is 10.2. The van der Waals surface area contributed by atoms with Crippen molar-refractivity contribution >= 4 is 12.4 Å². The van der Waals surface area contributed by atoms with Gasteiger partial charge in [0, 0.05) is 12.6 Å². The Morgan fingerprint density at radius 2 is 1.92 bits per heavy atom. The number of aryl methyl sites for hydroxylation is 1. The molecule has 0 saturated carbocycles. The molecule has 2 atom stereocenters. The minimum absolute atomic E-state index is 0. The van der Waals surface area contributed by atoms with Gasteiger partial charge in [-0.1, -0.05) is 36.4 Å². The van der Waals surface area contributed by atoms with Crippen molar-refractivity contribution in [1.29, 1.82) is 0 Å². The lowest BCUT2D eigenvalue weighted by atomic mass is 9.99. The van der Waals surface area contributed by atoms with Crippen LogP contribution in [0.2, 0.25) is 0 Å². The first-order valence-electron chi connectivity index (χ1n) is 9.05. The van der Waals surface area contributed by atoms with Crippen LogP contribution in [0, 0.1) is 0 Å². The first kappa shape index (κ1) is 20.7. The zero-order valence-electron chi connectivity index (χ0n) is 14.9. The average Bonchev–Trinajstić information content (AvgIpc) is 2.86. The third-order valence-electron chi connectivity index (χ3n) is 4.75. The fourth-order valence-corrected chi connectivity index (χ4v) is 3.36. The van der Waals surface area contributed by atoms with Crippen molar-refractivity contribution in [3.05, 3.63) is 65.2 Å². The van der Waals surface area contributed by atoms with Gasteiger partial charge in [0.2, 0.25) is 0 Å². The van der Waals surface area contributed by atoms with Gasteiger partial charge < -0.3 is 20.3 Å². The summed E-state index contributed by atoms with van der Waals surface area (Å²) in [6, 6.07) is 16.2. The van der Waals surface area contributed by atoms with Crippen molar-refractivity contribution in [2.75, 3.05) is 13.2 Å². The number of nitrogens with one attached hydrogen (secondary N) is 1. The molecule has 3 N–H and O–H groups in total. The van der Waals surface area contributed by atoms with Crippen molar-refractivity contribution in [2.45, 2.75) is 44.4 Å². The molecule has 5 heteroatoms. The minimum Gasteiger partial charge on any atom is -0.491 e. The number of rotatable bonds is 7. The van der Waals surface area contributed by atoms with Gasteiger partial charge in [-0.05, 0) is 54.5 Å². The molecule has 142 valence electrons. The molecule has 2 aromatic rings. The van der Waals surface area contributed by atoms with Crippen LogP contribution in [0.15, 0.2) is 48.5 Å². The molecule has 26 heavy (non-hydrogen) atoms. The number of ether oxygens (including phenoxy) is 1. The van der Waals surface area contributed by atoms with Gasteiger partial charge >= 0.3 is 0 Å². The summed E-state index contributed by atoms with van der Waals surface area (Å²) in [5.41, 5.74) is 3.67. The standard InChI is InChI=1S/C21H27NO3.ClH/c23-14-16-9-10-17-5-4-6-19(12-18(17)11-16)22-13-20(24)15-25-21-7-2-1-3-8-21;/h1-3,7-11,19-20,22-24H,4-6,12-15H2;1H/t19?,20-;/m0./s1. The summed E-state index contributed by atoms with van der Waals surface area (Å²) in [4.78, 5) is 0. The smallest absolute Gasteiger partial charge is 0.119 e. The average molecular weight is 378 g/mol. The van der Waals surface area contributed by atoms with Crippen LogP contribution in [0.1, 0.15) is 29.5 Å². The molecule has 0 spiro atoms. The van der Waals surface area contributed by atoms with Gasteiger partial charge in [-0.3, -0.25) is 0 Å². The highest BCUT2D eigenvalue weighted by atomic mass is 35.5. The number of halogens is 1. The van der Waals surface area contributed by atoms with Crippen LogP contribution in [0.5, 0.6) is 5.75 Å². The van der Waals surface area contributed by atoms with Crippen LogP contribution < -0.4 is 10.1 Å². The second kappa shape index (κ2) is 10.5. The summed E-state index contributed by atoms with van der Waals surface area (Å²) in [6.45, 7) is 0.891. The van der Waals surface area contributed by atoms with E-state index < -0.39 is 6.10 Å².